The molecule has 1 aliphatic heterocycles. The van der Waals surface area contributed by atoms with E-state index < -0.39 is 5.97 Å². The van der Waals surface area contributed by atoms with Crippen molar-refractivity contribution in [1.29, 1.82) is 0 Å². The smallest absolute Gasteiger partial charge is 0.308 e. The Bertz CT molecular complexity index is 449. The summed E-state index contributed by atoms with van der Waals surface area (Å²) in [6, 6.07) is 8.37. The minimum atomic E-state index is -0.677. The molecule has 1 aromatic carbocycles. The van der Waals surface area contributed by atoms with Gasteiger partial charge >= 0.3 is 5.97 Å². The second-order valence-electron chi connectivity index (χ2n) is 5.07. The maximum atomic E-state index is 11.1. The first kappa shape index (κ1) is 13.6. The fourth-order valence-corrected chi connectivity index (χ4v) is 3.27. The normalized spacial score (nSPS) is 26.2. The molecule has 0 spiro atoms. The van der Waals surface area contributed by atoms with Gasteiger partial charge in [0.25, 0.3) is 0 Å². The summed E-state index contributed by atoms with van der Waals surface area (Å²) in [5.41, 5.74) is 1.22. The van der Waals surface area contributed by atoms with Gasteiger partial charge in [0.1, 0.15) is 0 Å². The second-order valence-corrected chi connectivity index (χ2v) is 5.93. The van der Waals surface area contributed by atoms with E-state index in [9.17, 15) is 9.90 Å². The highest BCUT2D eigenvalue weighted by Crippen LogP contribution is 2.33. The summed E-state index contributed by atoms with van der Waals surface area (Å²) in [5.74, 6) is -0.702. The van der Waals surface area contributed by atoms with E-state index in [4.69, 9.17) is 0 Å². The van der Waals surface area contributed by atoms with E-state index in [1.165, 1.54) is 5.56 Å². The van der Waals surface area contributed by atoms with E-state index in [1.807, 2.05) is 25.1 Å². The molecule has 18 heavy (non-hydrogen) atoms. The average Bonchev–Trinajstić information content (AvgIpc) is 2.71. The molecule has 3 nitrogen and oxygen atoms in total. The number of carboxylic acid groups (broad SMARTS) is 1. The Morgan fingerprint density at radius 1 is 1.44 bits per heavy atom. The lowest BCUT2D eigenvalue weighted by Crippen LogP contribution is -2.26. The monoisotopic (exact) mass is 311 g/mol. The zero-order chi connectivity index (χ0) is 13.3. The predicted octanol–water partition coefficient (Wildman–Crippen LogP) is 3.16. The molecule has 1 fully saturated rings. The average molecular weight is 312 g/mol. The van der Waals surface area contributed by atoms with Crippen molar-refractivity contribution in [3.05, 3.63) is 34.3 Å². The highest BCUT2D eigenvalue weighted by molar-refractivity contribution is 9.10. The maximum absolute atomic E-state index is 11.1. The van der Waals surface area contributed by atoms with Crippen molar-refractivity contribution in [3.63, 3.8) is 0 Å². The lowest BCUT2D eigenvalue weighted by atomic mass is 9.99. The number of hydrogen-bond donors (Lipinski definition) is 1. The summed E-state index contributed by atoms with van der Waals surface area (Å²) in [6.07, 6.45) is 0. The lowest BCUT2D eigenvalue weighted by Gasteiger charge is -2.25. The zero-order valence-corrected chi connectivity index (χ0v) is 12.2. The van der Waals surface area contributed by atoms with Crippen molar-refractivity contribution < 1.29 is 9.90 Å². The maximum Gasteiger partial charge on any atom is 0.308 e. The third-order valence-electron chi connectivity index (χ3n) is 3.86. The number of benzene rings is 1. The highest BCUT2D eigenvalue weighted by Gasteiger charge is 2.37. The van der Waals surface area contributed by atoms with Crippen LogP contribution < -0.4 is 0 Å². The van der Waals surface area contributed by atoms with Crippen LogP contribution in [-0.4, -0.2) is 29.1 Å². The third kappa shape index (κ3) is 2.59. The van der Waals surface area contributed by atoms with Crippen LogP contribution in [0.2, 0.25) is 0 Å². The van der Waals surface area contributed by atoms with Gasteiger partial charge in [-0.1, -0.05) is 41.1 Å². The number of likely N-dealkylation sites (tertiary alicyclic amines) is 1. The van der Waals surface area contributed by atoms with Crippen LogP contribution in [0.15, 0.2) is 28.7 Å². The van der Waals surface area contributed by atoms with Gasteiger partial charge in [0, 0.05) is 23.6 Å². The van der Waals surface area contributed by atoms with Gasteiger partial charge in [0.05, 0.1) is 5.92 Å². The molecule has 3 atom stereocenters. The van der Waals surface area contributed by atoms with Crippen molar-refractivity contribution in [2.24, 2.45) is 11.8 Å². The summed E-state index contributed by atoms with van der Waals surface area (Å²) < 4.78 is 1.09. The summed E-state index contributed by atoms with van der Waals surface area (Å²) >= 11 is 3.56. The number of aliphatic carboxylic acids is 1. The van der Waals surface area contributed by atoms with Gasteiger partial charge in [-0.05, 0) is 24.5 Å². The number of hydrogen-bond acceptors (Lipinski definition) is 2. The standard InChI is InChI=1S/C14H18BrNO2/c1-9-7-16(8-12(9)14(17)18)10(2)11-5-3-4-6-13(11)15/h3-6,9-10,12H,7-8H2,1-2H3,(H,17,18)/t9-,10?,12-/m1/s1. The number of rotatable bonds is 3. The number of carboxylic acids is 1. The molecule has 1 saturated heterocycles. The van der Waals surface area contributed by atoms with Crippen LogP contribution in [0.1, 0.15) is 25.5 Å². The fourth-order valence-electron chi connectivity index (χ4n) is 2.65. The van der Waals surface area contributed by atoms with E-state index in [1.54, 1.807) is 0 Å². The number of halogens is 1. The number of carbonyl (C=O) groups is 1. The molecule has 1 N–H and O–H groups in total. The SMILES string of the molecule is CC(c1ccccc1Br)N1C[C@@H](C)[C@H](C(=O)O)C1. The van der Waals surface area contributed by atoms with E-state index in [2.05, 4.69) is 33.8 Å². The van der Waals surface area contributed by atoms with Crippen LogP contribution in [0, 0.1) is 11.8 Å². The molecule has 0 aliphatic carbocycles. The Labute approximate surface area is 116 Å². The molecule has 98 valence electrons. The van der Waals surface area contributed by atoms with Crippen molar-refractivity contribution in [1.82, 2.24) is 4.90 Å². The molecule has 0 bridgehead atoms. The van der Waals surface area contributed by atoms with E-state index >= 15 is 0 Å². The van der Waals surface area contributed by atoms with Gasteiger partial charge in [0.15, 0.2) is 0 Å². The summed E-state index contributed by atoms with van der Waals surface area (Å²) in [7, 11) is 0. The molecule has 0 aromatic heterocycles. The number of nitrogens with zero attached hydrogens (tertiary/aromatic N) is 1. The van der Waals surface area contributed by atoms with Gasteiger partial charge < -0.3 is 5.11 Å². The Kier molecular flexibility index (Phi) is 4.07. The molecule has 2 rings (SSSR count). The van der Waals surface area contributed by atoms with Crippen LogP contribution in [0.4, 0.5) is 0 Å². The molecule has 1 heterocycles. The first-order chi connectivity index (χ1) is 8.50. The van der Waals surface area contributed by atoms with Crippen LogP contribution >= 0.6 is 15.9 Å². The molecule has 1 aromatic rings. The summed E-state index contributed by atoms with van der Waals surface area (Å²) in [5, 5.41) is 9.17. The van der Waals surface area contributed by atoms with Gasteiger partial charge in [-0.25, -0.2) is 0 Å². The quantitative estimate of drug-likeness (QED) is 0.932. The van der Waals surface area contributed by atoms with Gasteiger partial charge in [0.2, 0.25) is 0 Å². The predicted molar refractivity (Wildman–Crippen MR) is 74.4 cm³/mol. The lowest BCUT2D eigenvalue weighted by molar-refractivity contribution is -0.142. The van der Waals surface area contributed by atoms with E-state index in [-0.39, 0.29) is 17.9 Å². The first-order valence-corrected chi connectivity index (χ1v) is 7.01. The molecular formula is C14H18BrNO2. The topological polar surface area (TPSA) is 40.5 Å². The molecule has 1 unspecified atom stereocenters. The van der Waals surface area contributed by atoms with Crippen LogP contribution in [-0.2, 0) is 4.79 Å². The van der Waals surface area contributed by atoms with E-state index in [0.29, 0.717) is 6.54 Å². The summed E-state index contributed by atoms with van der Waals surface area (Å²) in [4.78, 5) is 13.4. The zero-order valence-electron chi connectivity index (χ0n) is 10.6. The Hall–Kier alpha value is -0.870. The molecule has 1 aliphatic rings. The molecule has 4 heteroatoms. The molecule has 0 saturated carbocycles. The molecular weight excluding hydrogens is 294 g/mol. The van der Waals surface area contributed by atoms with Crippen LogP contribution in [0.3, 0.4) is 0 Å². The second kappa shape index (κ2) is 5.41. The summed E-state index contributed by atoms with van der Waals surface area (Å²) in [6.45, 7) is 5.64. The van der Waals surface area contributed by atoms with Crippen molar-refractivity contribution >= 4 is 21.9 Å². The molecule has 0 radical (unpaired) electrons. The van der Waals surface area contributed by atoms with Crippen LogP contribution in [0.5, 0.6) is 0 Å². The Morgan fingerprint density at radius 2 is 2.11 bits per heavy atom. The van der Waals surface area contributed by atoms with Gasteiger partial charge in [-0.2, -0.15) is 0 Å². The fraction of sp³-hybridized carbons (Fsp3) is 0.500. The van der Waals surface area contributed by atoms with Gasteiger partial charge in [-0.3, -0.25) is 9.69 Å². The Balaban J connectivity index is 2.14. The van der Waals surface area contributed by atoms with Crippen LogP contribution in [0.25, 0.3) is 0 Å². The first-order valence-electron chi connectivity index (χ1n) is 6.22. The van der Waals surface area contributed by atoms with Crippen molar-refractivity contribution in [2.45, 2.75) is 19.9 Å². The Morgan fingerprint density at radius 3 is 2.67 bits per heavy atom. The minimum Gasteiger partial charge on any atom is -0.481 e. The van der Waals surface area contributed by atoms with Crippen molar-refractivity contribution in [2.75, 3.05) is 13.1 Å². The van der Waals surface area contributed by atoms with Gasteiger partial charge in [-0.15, -0.1) is 0 Å². The largest absolute Gasteiger partial charge is 0.481 e. The molecule has 0 amide bonds. The van der Waals surface area contributed by atoms with Crippen molar-refractivity contribution in [3.8, 4) is 0 Å². The van der Waals surface area contributed by atoms with E-state index in [0.717, 1.165) is 11.0 Å². The third-order valence-corrected chi connectivity index (χ3v) is 4.58. The highest BCUT2D eigenvalue weighted by atomic mass is 79.9. The minimum absolute atomic E-state index is 0.215.